The van der Waals surface area contributed by atoms with Gasteiger partial charge in [0.15, 0.2) is 9.84 Å². The molecule has 0 aromatic heterocycles. The van der Waals surface area contributed by atoms with Crippen LogP contribution in [0.3, 0.4) is 0 Å². The van der Waals surface area contributed by atoms with Gasteiger partial charge in [0.05, 0.1) is 9.82 Å². The first kappa shape index (κ1) is 13.9. The predicted molar refractivity (Wildman–Crippen MR) is 61.4 cm³/mol. The Bertz CT molecular complexity index is 611. The minimum Gasteiger partial charge on any atom is -0.275 e. The molecule has 0 aliphatic carbocycles. The van der Waals surface area contributed by atoms with Crippen LogP contribution in [-0.2, 0) is 9.84 Å². The topological polar surface area (TPSA) is 94.3 Å². The van der Waals surface area contributed by atoms with Crippen LogP contribution >= 0.6 is 23.2 Å². The van der Waals surface area contributed by atoms with Gasteiger partial charge in [-0.15, -0.1) is 0 Å². The van der Waals surface area contributed by atoms with E-state index in [0.717, 1.165) is 18.4 Å². The average Bonchev–Trinajstić information content (AvgIpc) is 2.13. The highest BCUT2D eigenvalue weighted by Crippen LogP contribution is 2.35. The van der Waals surface area contributed by atoms with Crippen molar-refractivity contribution in [2.75, 3.05) is 6.26 Å². The number of nitrogens with zero attached hydrogens (tertiary/aromatic N) is 1. The number of hydrogen-bond donors (Lipinski definition) is 0. The summed E-state index contributed by atoms with van der Waals surface area (Å²) < 4.78 is 22.6. The molecule has 6 nitrogen and oxygen atoms in total. The van der Waals surface area contributed by atoms with Gasteiger partial charge in [-0.25, -0.2) is 8.42 Å². The van der Waals surface area contributed by atoms with Crippen LogP contribution in [0.1, 0.15) is 10.4 Å². The summed E-state index contributed by atoms with van der Waals surface area (Å²) in [7, 11) is -3.72. The summed E-state index contributed by atoms with van der Waals surface area (Å²) in [6.07, 6.45) is 0.847. The Morgan fingerprint density at radius 3 is 2.29 bits per heavy atom. The molecule has 0 spiro atoms. The molecule has 9 heteroatoms. The average molecular weight is 298 g/mol. The highest BCUT2D eigenvalue weighted by Gasteiger charge is 2.28. The maximum atomic E-state index is 11.3. The van der Waals surface area contributed by atoms with E-state index in [1.165, 1.54) is 0 Å². The quantitative estimate of drug-likeness (QED) is 0.483. The van der Waals surface area contributed by atoms with Gasteiger partial charge >= 0.3 is 5.69 Å². The third kappa shape index (κ3) is 2.74. The van der Waals surface area contributed by atoms with Crippen LogP contribution in [0.15, 0.2) is 17.0 Å². The SMILES string of the molecule is CS(=O)(=O)c1ccc(C(=O)Cl)c([N+](=O)[O-])c1Cl. The number of benzene rings is 1. The molecule has 0 N–H and O–H groups in total. The van der Waals surface area contributed by atoms with Crippen molar-refractivity contribution in [3.63, 3.8) is 0 Å². The smallest absolute Gasteiger partial charge is 0.275 e. The Morgan fingerprint density at radius 1 is 1.41 bits per heavy atom. The van der Waals surface area contributed by atoms with E-state index in [1.807, 2.05) is 0 Å². The van der Waals surface area contributed by atoms with E-state index in [2.05, 4.69) is 0 Å². The Balaban J connectivity index is 3.73. The van der Waals surface area contributed by atoms with Crippen LogP contribution < -0.4 is 0 Å². The van der Waals surface area contributed by atoms with Crippen molar-refractivity contribution in [3.05, 3.63) is 32.8 Å². The Morgan fingerprint density at radius 2 is 1.94 bits per heavy atom. The summed E-state index contributed by atoms with van der Waals surface area (Å²) in [5, 5.41) is 9.04. The Labute approximate surface area is 106 Å². The number of sulfone groups is 1. The highest BCUT2D eigenvalue weighted by atomic mass is 35.5. The van der Waals surface area contributed by atoms with E-state index in [-0.39, 0.29) is 0 Å². The van der Waals surface area contributed by atoms with Crippen molar-refractivity contribution < 1.29 is 18.1 Å². The molecule has 0 saturated carbocycles. The molecular weight excluding hydrogens is 293 g/mol. The molecule has 0 aliphatic heterocycles. The van der Waals surface area contributed by atoms with E-state index in [1.54, 1.807) is 0 Å². The molecule has 0 amide bonds. The molecule has 1 rings (SSSR count). The van der Waals surface area contributed by atoms with Crippen LogP contribution in [0, 0.1) is 10.1 Å². The molecule has 0 atom stereocenters. The van der Waals surface area contributed by atoms with E-state index >= 15 is 0 Å². The van der Waals surface area contributed by atoms with E-state index in [4.69, 9.17) is 23.2 Å². The monoisotopic (exact) mass is 297 g/mol. The summed E-state index contributed by atoms with van der Waals surface area (Å²) in [4.78, 5) is 20.3. The van der Waals surface area contributed by atoms with Gasteiger partial charge in [0.2, 0.25) is 0 Å². The summed E-state index contributed by atoms with van der Waals surface area (Å²) in [6.45, 7) is 0. The lowest BCUT2D eigenvalue weighted by Crippen LogP contribution is -2.05. The second kappa shape index (κ2) is 4.59. The summed E-state index contributed by atoms with van der Waals surface area (Å²) >= 11 is 10.7. The molecular formula is C8H5Cl2NO5S. The van der Waals surface area contributed by atoms with Crippen molar-refractivity contribution in [1.29, 1.82) is 0 Å². The molecule has 1 aromatic rings. The molecule has 0 bridgehead atoms. The lowest BCUT2D eigenvalue weighted by Gasteiger charge is -2.04. The lowest BCUT2D eigenvalue weighted by molar-refractivity contribution is -0.385. The lowest BCUT2D eigenvalue weighted by atomic mass is 10.2. The Hall–Kier alpha value is -1.18. The summed E-state index contributed by atoms with van der Waals surface area (Å²) in [6, 6.07) is 1.95. The summed E-state index contributed by atoms with van der Waals surface area (Å²) in [5.41, 5.74) is -1.26. The van der Waals surface area contributed by atoms with Gasteiger partial charge in [0.25, 0.3) is 5.24 Å². The Kier molecular flexibility index (Phi) is 3.75. The standard InChI is InChI=1S/C8H5Cl2NO5S/c1-17(15,16)5-3-2-4(8(10)12)7(6(5)9)11(13)14/h2-3H,1H3. The van der Waals surface area contributed by atoms with Crippen LogP contribution in [0.2, 0.25) is 5.02 Å². The molecule has 0 fully saturated rings. The first-order valence-corrected chi connectivity index (χ1v) is 6.67. The molecule has 0 unspecified atom stereocenters. The minimum atomic E-state index is -3.72. The fourth-order valence-corrected chi connectivity index (χ4v) is 2.71. The molecule has 92 valence electrons. The maximum absolute atomic E-state index is 11.3. The van der Waals surface area contributed by atoms with Crippen molar-refractivity contribution >= 4 is 44.0 Å². The molecule has 0 saturated heterocycles. The fourth-order valence-electron chi connectivity index (χ4n) is 1.17. The van der Waals surface area contributed by atoms with Crippen LogP contribution in [0.4, 0.5) is 5.69 Å². The summed E-state index contributed by atoms with van der Waals surface area (Å²) in [5.74, 6) is 0. The normalized spacial score (nSPS) is 11.2. The number of rotatable bonds is 3. The number of nitro benzene ring substituents is 1. The van der Waals surface area contributed by atoms with E-state index in [0.29, 0.717) is 0 Å². The van der Waals surface area contributed by atoms with Gasteiger partial charge in [-0.1, -0.05) is 11.6 Å². The number of nitro groups is 1. The van der Waals surface area contributed by atoms with E-state index < -0.39 is 41.2 Å². The molecule has 17 heavy (non-hydrogen) atoms. The van der Waals surface area contributed by atoms with Crippen LogP contribution in [0.25, 0.3) is 0 Å². The first-order valence-electron chi connectivity index (χ1n) is 4.03. The second-order valence-electron chi connectivity index (χ2n) is 3.08. The zero-order chi connectivity index (χ0) is 13.4. The number of carbonyl (C=O) groups is 1. The largest absolute Gasteiger partial charge is 0.301 e. The number of halogens is 2. The zero-order valence-corrected chi connectivity index (χ0v) is 10.6. The number of carbonyl (C=O) groups excluding carboxylic acids is 1. The zero-order valence-electron chi connectivity index (χ0n) is 8.31. The van der Waals surface area contributed by atoms with Gasteiger partial charge in [-0.05, 0) is 23.7 Å². The second-order valence-corrected chi connectivity index (χ2v) is 5.78. The third-order valence-electron chi connectivity index (χ3n) is 1.87. The van der Waals surface area contributed by atoms with Crippen molar-refractivity contribution in [1.82, 2.24) is 0 Å². The van der Waals surface area contributed by atoms with E-state index in [9.17, 15) is 23.3 Å². The number of hydrogen-bond acceptors (Lipinski definition) is 5. The molecule has 0 heterocycles. The molecule has 0 radical (unpaired) electrons. The maximum Gasteiger partial charge on any atom is 0.301 e. The molecule has 0 aliphatic rings. The van der Waals surface area contributed by atoms with Crippen LogP contribution in [0.5, 0.6) is 0 Å². The van der Waals surface area contributed by atoms with Gasteiger partial charge < -0.3 is 0 Å². The van der Waals surface area contributed by atoms with Gasteiger partial charge in [-0.2, -0.15) is 0 Å². The predicted octanol–water partition coefficient (Wildman–Crippen LogP) is 2.03. The fraction of sp³-hybridized carbons (Fsp3) is 0.125. The van der Waals surface area contributed by atoms with Crippen molar-refractivity contribution in [2.45, 2.75) is 4.90 Å². The van der Waals surface area contributed by atoms with Crippen molar-refractivity contribution in [2.24, 2.45) is 0 Å². The minimum absolute atomic E-state index is 0.424. The van der Waals surface area contributed by atoms with Crippen molar-refractivity contribution in [3.8, 4) is 0 Å². The van der Waals surface area contributed by atoms with Gasteiger partial charge in [0, 0.05) is 6.26 Å². The van der Waals surface area contributed by atoms with Crippen LogP contribution in [-0.4, -0.2) is 24.8 Å². The first-order chi connectivity index (χ1) is 7.66. The highest BCUT2D eigenvalue weighted by molar-refractivity contribution is 7.90. The third-order valence-corrected chi connectivity index (χ3v) is 3.71. The van der Waals surface area contributed by atoms with Gasteiger partial charge in [-0.3, -0.25) is 14.9 Å². The molecule has 1 aromatic carbocycles. The van der Waals surface area contributed by atoms with Gasteiger partial charge in [0.1, 0.15) is 10.6 Å².